The molecule has 1 atom stereocenters. The lowest BCUT2D eigenvalue weighted by atomic mass is 10.1. The van der Waals surface area contributed by atoms with Crippen molar-refractivity contribution in [3.05, 3.63) is 0 Å². The summed E-state index contributed by atoms with van der Waals surface area (Å²) in [6, 6.07) is 0. The van der Waals surface area contributed by atoms with Crippen molar-refractivity contribution >= 4 is 9.84 Å². The van der Waals surface area contributed by atoms with Crippen molar-refractivity contribution in [1.29, 1.82) is 0 Å². The Morgan fingerprint density at radius 1 is 1.47 bits per heavy atom. The largest absolute Gasteiger partial charge is 0.392 e. The monoisotopic (exact) mass is 235 g/mol. The maximum Gasteiger partial charge on any atom is 0.153 e. The molecule has 0 spiro atoms. The normalized spacial score (nSPS) is 24.7. The first-order valence-corrected chi connectivity index (χ1v) is 7.25. The highest BCUT2D eigenvalue weighted by Crippen LogP contribution is 2.10. The molecular formula is C10H21NO3S. The summed E-state index contributed by atoms with van der Waals surface area (Å²) < 4.78 is 23.1. The summed E-state index contributed by atoms with van der Waals surface area (Å²) >= 11 is 0. The van der Waals surface area contributed by atoms with Gasteiger partial charge in [-0.15, -0.1) is 0 Å². The molecule has 0 aromatic heterocycles. The minimum absolute atomic E-state index is 0.206. The second kappa shape index (κ2) is 5.27. The van der Waals surface area contributed by atoms with Crippen LogP contribution in [-0.4, -0.2) is 55.2 Å². The zero-order valence-electron chi connectivity index (χ0n) is 9.52. The number of likely N-dealkylation sites (tertiary alicyclic amines) is 1. The van der Waals surface area contributed by atoms with Crippen LogP contribution < -0.4 is 0 Å². The van der Waals surface area contributed by atoms with E-state index < -0.39 is 9.84 Å². The summed E-state index contributed by atoms with van der Waals surface area (Å²) in [6.07, 6.45) is 1.52. The molecule has 4 nitrogen and oxygen atoms in total. The Hall–Kier alpha value is -0.130. The van der Waals surface area contributed by atoms with Gasteiger partial charge in [0.15, 0.2) is 9.84 Å². The van der Waals surface area contributed by atoms with Crippen molar-refractivity contribution in [2.24, 2.45) is 0 Å². The molecule has 1 unspecified atom stereocenters. The second-order valence-electron chi connectivity index (χ2n) is 4.51. The molecule has 1 heterocycles. The quantitative estimate of drug-likeness (QED) is 0.760. The lowest BCUT2D eigenvalue weighted by Crippen LogP contribution is -2.41. The fourth-order valence-electron chi connectivity index (χ4n) is 1.73. The van der Waals surface area contributed by atoms with E-state index in [9.17, 15) is 13.5 Å². The summed E-state index contributed by atoms with van der Waals surface area (Å²) in [7, 11) is -2.94. The third-order valence-electron chi connectivity index (χ3n) is 2.89. The van der Waals surface area contributed by atoms with E-state index in [4.69, 9.17) is 0 Å². The number of nitrogens with zero attached hydrogens (tertiary/aromatic N) is 1. The molecule has 0 aromatic carbocycles. The molecule has 90 valence electrons. The Kier molecular flexibility index (Phi) is 4.55. The van der Waals surface area contributed by atoms with Gasteiger partial charge in [0.25, 0.3) is 0 Å². The minimum Gasteiger partial charge on any atom is -0.392 e. The highest BCUT2D eigenvalue weighted by molar-refractivity contribution is 7.92. The first-order valence-electron chi connectivity index (χ1n) is 5.54. The van der Waals surface area contributed by atoms with Gasteiger partial charge in [0.05, 0.1) is 17.1 Å². The number of piperidine rings is 1. The van der Waals surface area contributed by atoms with Gasteiger partial charge in [0.1, 0.15) is 0 Å². The fourth-order valence-corrected chi connectivity index (χ4v) is 2.71. The predicted octanol–water partition coefficient (Wildman–Crippen LogP) is 0.266. The minimum atomic E-state index is -2.94. The molecule has 1 saturated heterocycles. The topological polar surface area (TPSA) is 57.6 Å². The molecule has 1 fully saturated rings. The average Bonchev–Trinajstić information content (AvgIpc) is 2.15. The molecule has 0 radical (unpaired) electrons. The maximum atomic E-state index is 11.6. The van der Waals surface area contributed by atoms with E-state index in [0.717, 1.165) is 19.4 Å². The van der Waals surface area contributed by atoms with Crippen LogP contribution in [0, 0.1) is 0 Å². The number of rotatable bonds is 4. The molecule has 0 saturated carbocycles. The van der Waals surface area contributed by atoms with E-state index >= 15 is 0 Å². The Morgan fingerprint density at radius 2 is 2.13 bits per heavy atom. The Balaban J connectivity index is 2.37. The van der Waals surface area contributed by atoms with E-state index in [1.807, 2.05) is 4.90 Å². The van der Waals surface area contributed by atoms with Crippen LogP contribution in [0.3, 0.4) is 0 Å². The average molecular weight is 235 g/mol. The Morgan fingerprint density at radius 3 is 2.67 bits per heavy atom. The smallest absolute Gasteiger partial charge is 0.153 e. The lowest BCUT2D eigenvalue weighted by Gasteiger charge is -2.29. The lowest BCUT2D eigenvalue weighted by molar-refractivity contribution is 0.0740. The van der Waals surface area contributed by atoms with Gasteiger partial charge in [0, 0.05) is 13.1 Å². The maximum absolute atomic E-state index is 11.6. The second-order valence-corrected chi connectivity index (χ2v) is 7.19. The SMILES string of the molecule is CC(C)S(=O)(=O)CCN1CCCC(O)C1. The molecule has 0 bridgehead atoms. The molecule has 1 aliphatic heterocycles. The summed E-state index contributed by atoms with van der Waals surface area (Å²) in [5.74, 6) is 0.206. The van der Waals surface area contributed by atoms with Gasteiger partial charge in [-0.05, 0) is 33.2 Å². The van der Waals surface area contributed by atoms with Crippen molar-refractivity contribution in [3.8, 4) is 0 Å². The van der Waals surface area contributed by atoms with Crippen molar-refractivity contribution in [3.63, 3.8) is 0 Å². The van der Waals surface area contributed by atoms with E-state index in [2.05, 4.69) is 0 Å². The van der Waals surface area contributed by atoms with Crippen LogP contribution in [0.5, 0.6) is 0 Å². The molecule has 0 aliphatic carbocycles. The highest BCUT2D eigenvalue weighted by Gasteiger charge is 2.21. The fraction of sp³-hybridized carbons (Fsp3) is 1.00. The van der Waals surface area contributed by atoms with Gasteiger partial charge in [-0.25, -0.2) is 8.42 Å². The highest BCUT2D eigenvalue weighted by atomic mass is 32.2. The number of sulfone groups is 1. The van der Waals surface area contributed by atoms with Gasteiger partial charge in [-0.2, -0.15) is 0 Å². The van der Waals surface area contributed by atoms with Crippen LogP contribution in [0.15, 0.2) is 0 Å². The summed E-state index contributed by atoms with van der Waals surface area (Å²) in [5.41, 5.74) is 0. The van der Waals surface area contributed by atoms with E-state index in [0.29, 0.717) is 13.1 Å². The van der Waals surface area contributed by atoms with Crippen LogP contribution in [0.1, 0.15) is 26.7 Å². The van der Waals surface area contributed by atoms with E-state index in [-0.39, 0.29) is 17.1 Å². The Labute approximate surface area is 92.2 Å². The third kappa shape index (κ3) is 4.09. The Bertz CT molecular complexity index is 287. The van der Waals surface area contributed by atoms with Crippen LogP contribution in [-0.2, 0) is 9.84 Å². The standard InChI is InChI=1S/C10H21NO3S/c1-9(2)15(13,14)7-6-11-5-3-4-10(12)8-11/h9-10,12H,3-8H2,1-2H3. The van der Waals surface area contributed by atoms with Crippen LogP contribution >= 0.6 is 0 Å². The van der Waals surface area contributed by atoms with Gasteiger partial charge >= 0.3 is 0 Å². The summed E-state index contributed by atoms with van der Waals surface area (Å²) in [4.78, 5) is 2.04. The molecule has 5 heteroatoms. The molecule has 1 aliphatic rings. The number of hydrogen-bond donors (Lipinski definition) is 1. The number of β-amino-alcohol motifs (C(OH)–C–C–N with tert-alkyl or cyclic N) is 1. The summed E-state index contributed by atoms with van der Waals surface area (Å²) in [6.45, 7) is 5.50. The van der Waals surface area contributed by atoms with Crippen LogP contribution in [0.25, 0.3) is 0 Å². The molecular weight excluding hydrogens is 214 g/mol. The van der Waals surface area contributed by atoms with E-state index in [1.165, 1.54) is 0 Å². The van der Waals surface area contributed by atoms with Gasteiger partial charge < -0.3 is 5.11 Å². The van der Waals surface area contributed by atoms with E-state index in [1.54, 1.807) is 13.8 Å². The van der Waals surface area contributed by atoms with Crippen molar-refractivity contribution in [2.45, 2.75) is 38.0 Å². The molecule has 0 aromatic rings. The molecule has 0 amide bonds. The summed E-state index contributed by atoms with van der Waals surface area (Å²) in [5, 5.41) is 9.13. The molecule has 1 N–H and O–H groups in total. The van der Waals surface area contributed by atoms with Crippen molar-refractivity contribution in [1.82, 2.24) is 4.90 Å². The third-order valence-corrected chi connectivity index (χ3v) is 5.08. The first kappa shape index (κ1) is 12.9. The van der Waals surface area contributed by atoms with Gasteiger partial charge in [0.2, 0.25) is 0 Å². The predicted molar refractivity (Wildman–Crippen MR) is 60.6 cm³/mol. The zero-order chi connectivity index (χ0) is 11.5. The van der Waals surface area contributed by atoms with Crippen LogP contribution in [0.4, 0.5) is 0 Å². The first-order chi connectivity index (χ1) is 6.92. The zero-order valence-corrected chi connectivity index (χ0v) is 10.3. The number of aliphatic hydroxyl groups excluding tert-OH is 1. The van der Waals surface area contributed by atoms with Crippen LogP contribution in [0.2, 0.25) is 0 Å². The molecule has 1 rings (SSSR count). The van der Waals surface area contributed by atoms with Gasteiger partial charge in [-0.3, -0.25) is 4.90 Å². The van der Waals surface area contributed by atoms with Crippen molar-refractivity contribution < 1.29 is 13.5 Å². The van der Waals surface area contributed by atoms with Crippen molar-refractivity contribution in [2.75, 3.05) is 25.4 Å². The number of hydrogen-bond acceptors (Lipinski definition) is 4. The van der Waals surface area contributed by atoms with Gasteiger partial charge in [-0.1, -0.05) is 0 Å². The number of aliphatic hydroxyl groups is 1. The molecule has 15 heavy (non-hydrogen) atoms.